The second kappa shape index (κ2) is 13.8. The van der Waals surface area contributed by atoms with E-state index in [1.54, 1.807) is 42.4 Å². The smallest absolute Gasteiger partial charge is 0.417 e. The van der Waals surface area contributed by atoms with Gasteiger partial charge in [0, 0.05) is 66.7 Å². The number of imidazole rings is 1. The Balaban J connectivity index is 1.17. The van der Waals surface area contributed by atoms with Gasteiger partial charge in [0.1, 0.15) is 35.3 Å². The lowest BCUT2D eigenvalue weighted by molar-refractivity contribution is -0.137. The zero-order chi connectivity index (χ0) is 36.9. The number of benzene rings is 3. The van der Waals surface area contributed by atoms with Gasteiger partial charge in [-0.3, -0.25) is 9.59 Å². The average molecular weight is 722 g/mol. The van der Waals surface area contributed by atoms with Gasteiger partial charge >= 0.3 is 6.18 Å². The number of anilines is 1. The van der Waals surface area contributed by atoms with Gasteiger partial charge in [-0.1, -0.05) is 24.3 Å². The van der Waals surface area contributed by atoms with E-state index in [9.17, 15) is 22.8 Å². The maximum atomic E-state index is 15.3. The SMILES string of the molecule is COC1CCC(NC/C=C/C(=O)Nc2c(F)cc(C(=O)c3cn4c5c(cccc35)-c3c(C(F)(F)F)cc5c(nc(C)n5C)c3OCC4)cc2F)CC1. The summed E-state index contributed by atoms with van der Waals surface area (Å²) >= 11 is 0. The summed E-state index contributed by atoms with van der Waals surface area (Å²) in [6.45, 7) is 2.20. The Bertz CT molecular complexity index is 2230. The Hall–Kier alpha value is -5.08. The number of methoxy groups -OCH3 is 1. The van der Waals surface area contributed by atoms with Crippen molar-refractivity contribution in [3.05, 3.63) is 88.9 Å². The molecular formula is C38H36F5N5O4. The highest BCUT2D eigenvalue weighted by Gasteiger charge is 2.39. The predicted molar refractivity (Wildman–Crippen MR) is 185 cm³/mol. The van der Waals surface area contributed by atoms with Crippen LogP contribution in [0.15, 0.2) is 54.7 Å². The number of nitrogens with zero attached hydrogens (tertiary/aromatic N) is 3. The number of hydrogen-bond donors (Lipinski definition) is 2. The van der Waals surface area contributed by atoms with Gasteiger partial charge in [0.25, 0.3) is 0 Å². The average Bonchev–Trinajstić information content (AvgIpc) is 3.62. The summed E-state index contributed by atoms with van der Waals surface area (Å²) in [6.07, 6.45) is 3.46. The minimum Gasteiger partial charge on any atom is -0.489 e. The molecule has 1 aliphatic heterocycles. The molecule has 1 aliphatic carbocycles. The van der Waals surface area contributed by atoms with Crippen molar-refractivity contribution in [1.29, 1.82) is 0 Å². The summed E-state index contributed by atoms with van der Waals surface area (Å²) in [4.78, 5) is 30.9. The molecule has 1 amide bonds. The number of rotatable bonds is 8. The number of ether oxygens (including phenoxy) is 2. The molecule has 1 saturated carbocycles. The number of para-hydroxylation sites is 1. The van der Waals surface area contributed by atoms with Crippen LogP contribution < -0.4 is 15.4 Å². The highest BCUT2D eigenvalue weighted by molar-refractivity contribution is 6.18. The zero-order valence-electron chi connectivity index (χ0n) is 28.7. The fourth-order valence-corrected chi connectivity index (χ4v) is 7.25. The van der Waals surface area contributed by atoms with E-state index in [1.165, 1.54) is 24.4 Å². The highest BCUT2D eigenvalue weighted by Crippen LogP contribution is 2.49. The maximum absolute atomic E-state index is 15.3. The molecule has 14 heteroatoms. The molecule has 52 heavy (non-hydrogen) atoms. The molecule has 0 saturated heterocycles. The Morgan fingerprint density at radius 1 is 1.10 bits per heavy atom. The van der Waals surface area contributed by atoms with E-state index >= 15 is 8.78 Å². The van der Waals surface area contributed by atoms with Crippen LogP contribution in [0.2, 0.25) is 0 Å². The van der Waals surface area contributed by atoms with Crippen molar-refractivity contribution >= 4 is 39.3 Å². The van der Waals surface area contributed by atoms with Crippen LogP contribution in [0.3, 0.4) is 0 Å². The number of amides is 1. The predicted octanol–water partition coefficient (Wildman–Crippen LogP) is 7.47. The first-order chi connectivity index (χ1) is 24.8. The van der Waals surface area contributed by atoms with E-state index in [1.807, 2.05) is 0 Å². The largest absolute Gasteiger partial charge is 0.489 e. The van der Waals surface area contributed by atoms with Gasteiger partial charge in [-0.15, -0.1) is 0 Å². The highest BCUT2D eigenvalue weighted by atomic mass is 19.4. The van der Waals surface area contributed by atoms with Gasteiger partial charge in [0.2, 0.25) is 5.91 Å². The molecule has 2 aromatic heterocycles. The summed E-state index contributed by atoms with van der Waals surface area (Å²) in [5, 5.41) is 5.83. The minimum atomic E-state index is -4.76. The number of fused-ring (bicyclic) bond motifs is 4. The quantitative estimate of drug-likeness (QED) is 0.0981. The van der Waals surface area contributed by atoms with Crippen LogP contribution in [0, 0.1) is 18.6 Å². The number of aromatic nitrogens is 3. The van der Waals surface area contributed by atoms with Crippen LogP contribution in [0.1, 0.15) is 53.0 Å². The second-order valence-electron chi connectivity index (χ2n) is 13.2. The molecule has 272 valence electrons. The third-order valence-corrected chi connectivity index (χ3v) is 10.0. The van der Waals surface area contributed by atoms with E-state index in [0.29, 0.717) is 23.3 Å². The first kappa shape index (κ1) is 35.3. The summed E-state index contributed by atoms with van der Waals surface area (Å²) in [7, 11) is 3.33. The summed E-state index contributed by atoms with van der Waals surface area (Å²) in [5.41, 5.74) is -1.11. The molecule has 3 heterocycles. The fourth-order valence-electron chi connectivity index (χ4n) is 7.25. The second-order valence-corrected chi connectivity index (χ2v) is 13.2. The van der Waals surface area contributed by atoms with Crippen LogP contribution in [0.25, 0.3) is 33.1 Å². The normalized spacial score (nSPS) is 17.6. The van der Waals surface area contributed by atoms with Crippen molar-refractivity contribution in [1.82, 2.24) is 19.4 Å². The summed E-state index contributed by atoms with van der Waals surface area (Å²) < 4.78 is 89.2. The lowest BCUT2D eigenvalue weighted by Gasteiger charge is -2.27. The Morgan fingerprint density at radius 3 is 2.52 bits per heavy atom. The molecule has 1 fully saturated rings. The summed E-state index contributed by atoms with van der Waals surface area (Å²) in [6, 6.07) is 7.61. The van der Waals surface area contributed by atoms with Gasteiger partial charge in [0.15, 0.2) is 11.5 Å². The van der Waals surface area contributed by atoms with Gasteiger partial charge in [-0.2, -0.15) is 13.2 Å². The van der Waals surface area contributed by atoms with E-state index < -0.39 is 40.8 Å². The van der Waals surface area contributed by atoms with Gasteiger partial charge in [-0.25, -0.2) is 13.8 Å². The molecule has 3 aromatic carbocycles. The third-order valence-electron chi connectivity index (χ3n) is 10.0. The molecule has 7 rings (SSSR count). The molecule has 0 spiro atoms. The molecule has 0 atom stereocenters. The number of ketones is 1. The Morgan fingerprint density at radius 2 is 1.83 bits per heavy atom. The fraction of sp³-hybridized carbons (Fsp3) is 0.342. The van der Waals surface area contributed by atoms with Crippen LogP contribution in [0.4, 0.5) is 27.6 Å². The lowest BCUT2D eigenvalue weighted by Crippen LogP contribution is -2.35. The zero-order valence-corrected chi connectivity index (χ0v) is 28.7. The third kappa shape index (κ3) is 6.45. The Labute approximate surface area is 295 Å². The van der Waals surface area contributed by atoms with Crippen molar-refractivity contribution < 1.29 is 41.0 Å². The number of hydrogen-bond acceptors (Lipinski definition) is 6. The van der Waals surface area contributed by atoms with Crippen LogP contribution in [0.5, 0.6) is 5.75 Å². The standard InChI is InChI=1S/C38H36F5N5O4/c1-20-45-34-30(47(20)2)18-27(38(41,42)43)32-25-7-4-6-24-26(19-48(35(24)25)14-15-52-37(32)34)36(50)21-16-28(39)33(29(40)17-21)46-31(49)8-5-13-44-22-9-11-23(51-3)12-10-22/h4-8,16-19,22-23,44H,9-15H2,1-3H3,(H,46,49)/b8-5+. The molecule has 2 aliphatic rings. The molecule has 0 radical (unpaired) electrons. The van der Waals surface area contributed by atoms with E-state index in [4.69, 9.17) is 9.47 Å². The molecular weight excluding hydrogens is 685 g/mol. The monoisotopic (exact) mass is 721 g/mol. The van der Waals surface area contributed by atoms with Crippen molar-refractivity contribution in [2.24, 2.45) is 7.05 Å². The first-order valence-electron chi connectivity index (χ1n) is 16.9. The van der Waals surface area contributed by atoms with Crippen molar-refractivity contribution in [2.75, 3.05) is 25.6 Å². The van der Waals surface area contributed by atoms with E-state index in [0.717, 1.165) is 43.9 Å². The molecule has 0 unspecified atom stereocenters. The summed E-state index contributed by atoms with van der Waals surface area (Å²) in [5.74, 6) is -3.34. The van der Waals surface area contributed by atoms with Crippen LogP contribution >= 0.6 is 0 Å². The van der Waals surface area contributed by atoms with Crippen LogP contribution in [-0.2, 0) is 29.3 Å². The van der Waals surface area contributed by atoms with E-state index in [2.05, 4.69) is 15.6 Å². The number of alkyl halides is 3. The van der Waals surface area contributed by atoms with E-state index in [-0.39, 0.29) is 64.3 Å². The topological polar surface area (TPSA) is 99.4 Å². The molecule has 0 bridgehead atoms. The van der Waals surface area contributed by atoms with Crippen molar-refractivity contribution in [3.8, 4) is 16.9 Å². The number of aryl methyl sites for hydroxylation is 2. The van der Waals surface area contributed by atoms with Crippen molar-refractivity contribution in [3.63, 3.8) is 0 Å². The Kier molecular flexibility index (Phi) is 9.38. The molecule has 5 aromatic rings. The number of nitrogens with one attached hydrogen (secondary N) is 2. The lowest BCUT2D eigenvalue weighted by atomic mass is 9.93. The van der Waals surface area contributed by atoms with Gasteiger partial charge in [-0.05, 0) is 50.8 Å². The van der Waals surface area contributed by atoms with Gasteiger partial charge < -0.3 is 29.2 Å². The van der Waals surface area contributed by atoms with Crippen LogP contribution in [-0.4, -0.2) is 58.2 Å². The first-order valence-corrected chi connectivity index (χ1v) is 16.9. The number of carbonyl (C=O) groups excluding carboxylic acids is 2. The van der Waals surface area contributed by atoms with Crippen molar-refractivity contribution in [2.45, 2.75) is 57.5 Å². The molecule has 9 nitrogen and oxygen atoms in total. The maximum Gasteiger partial charge on any atom is 0.417 e. The molecule has 2 N–H and O–H groups in total. The minimum absolute atomic E-state index is 0.0147. The number of halogens is 5. The van der Waals surface area contributed by atoms with Gasteiger partial charge in [0.05, 0.1) is 29.2 Å². The number of carbonyl (C=O) groups is 2.